The molecule has 0 rings (SSSR count). The summed E-state index contributed by atoms with van der Waals surface area (Å²) in [6.45, 7) is 2.67. The van der Waals surface area contributed by atoms with Gasteiger partial charge < -0.3 is 14.2 Å². The third kappa shape index (κ3) is 2.43. The molecule has 0 unspecified atom stereocenters. The third-order valence-electron chi connectivity index (χ3n) is 0.969. The van der Waals surface area contributed by atoms with E-state index in [2.05, 4.69) is 14.2 Å². The van der Waals surface area contributed by atoms with Gasteiger partial charge in [-0.15, -0.1) is 0 Å². The maximum atomic E-state index is 9.63. The maximum absolute atomic E-state index is 9.63. The standard InChI is InChI=1S/C5H9O4/c1-5(7-2,8-3)9-4-6/h1-3H3. The lowest BCUT2D eigenvalue weighted by molar-refractivity contribution is -0.316. The van der Waals surface area contributed by atoms with Crippen LogP contribution in [0.5, 0.6) is 0 Å². The average Bonchev–Trinajstić information content (AvgIpc) is 1.89. The van der Waals surface area contributed by atoms with Crippen LogP contribution in [-0.4, -0.2) is 26.7 Å². The average molecular weight is 133 g/mol. The lowest BCUT2D eigenvalue weighted by atomic mass is 10.6. The van der Waals surface area contributed by atoms with Gasteiger partial charge in [-0.05, 0) is 0 Å². The molecule has 0 aromatic carbocycles. The number of rotatable bonds is 4. The second-order valence-electron chi connectivity index (χ2n) is 1.46. The van der Waals surface area contributed by atoms with Gasteiger partial charge in [-0.3, -0.25) is 0 Å². The number of hydrogen-bond donors (Lipinski definition) is 0. The van der Waals surface area contributed by atoms with Crippen molar-refractivity contribution in [1.29, 1.82) is 0 Å². The van der Waals surface area contributed by atoms with Crippen LogP contribution in [-0.2, 0) is 19.0 Å². The summed E-state index contributed by atoms with van der Waals surface area (Å²) in [5, 5.41) is 0. The van der Waals surface area contributed by atoms with E-state index in [1.54, 1.807) is 0 Å². The number of carbonyl (C=O) groups excluding carboxylic acids is 1. The Hall–Kier alpha value is -0.610. The topological polar surface area (TPSA) is 44.8 Å². The van der Waals surface area contributed by atoms with Crippen molar-refractivity contribution in [3.63, 3.8) is 0 Å². The molecule has 53 valence electrons. The zero-order valence-electron chi connectivity index (χ0n) is 5.63. The largest absolute Gasteiger partial charge is 0.421 e. The SMILES string of the molecule is COC(C)(OC)O[C]=O. The van der Waals surface area contributed by atoms with Crippen LogP contribution in [0.15, 0.2) is 0 Å². The van der Waals surface area contributed by atoms with E-state index in [0.29, 0.717) is 0 Å². The monoisotopic (exact) mass is 133 g/mol. The predicted octanol–water partition coefficient (Wildman–Crippen LogP) is 0.0367. The first-order valence-electron chi connectivity index (χ1n) is 2.34. The lowest BCUT2D eigenvalue weighted by Gasteiger charge is -2.21. The summed E-state index contributed by atoms with van der Waals surface area (Å²) in [6.07, 6.45) is 0. The van der Waals surface area contributed by atoms with Gasteiger partial charge in [0.2, 0.25) is 0 Å². The first-order valence-corrected chi connectivity index (χ1v) is 2.34. The summed E-state index contributed by atoms with van der Waals surface area (Å²) in [6, 6.07) is 0. The Balaban J connectivity index is 3.75. The Labute approximate surface area is 53.7 Å². The van der Waals surface area contributed by atoms with Crippen molar-refractivity contribution in [2.24, 2.45) is 0 Å². The van der Waals surface area contributed by atoms with Gasteiger partial charge in [0.1, 0.15) is 0 Å². The normalized spacial score (nSPS) is 11.0. The molecular formula is C5H9O4. The lowest BCUT2D eigenvalue weighted by Crippen LogP contribution is -2.32. The van der Waals surface area contributed by atoms with Gasteiger partial charge in [-0.2, -0.15) is 0 Å². The van der Waals surface area contributed by atoms with Crippen molar-refractivity contribution in [1.82, 2.24) is 0 Å². The molecule has 4 heteroatoms. The molecule has 1 radical (unpaired) electrons. The molecule has 0 atom stereocenters. The molecular weight excluding hydrogens is 124 g/mol. The molecule has 0 aliphatic rings. The van der Waals surface area contributed by atoms with Crippen LogP contribution >= 0.6 is 0 Å². The second kappa shape index (κ2) is 3.42. The van der Waals surface area contributed by atoms with Crippen molar-refractivity contribution < 1.29 is 19.0 Å². The molecule has 0 bridgehead atoms. The molecule has 4 nitrogen and oxygen atoms in total. The molecule has 0 N–H and O–H groups in total. The molecule has 0 saturated carbocycles. The Morgan fingerprint density at radius 3 is 1.89 bits per heavy atom. The number of methoxy groups -OCH3 is 2. The Bertz CT molecular complexity index is 87.0. The van der Waals surface area contributed by atoms with Crippen molar-refractivity contribution >= 4 is 6.47 Å². The van der Waals surface area contributed by atoms with E-state index in [9.17, 15) is 4.79 Å². The second-order valence-corrected chi connectivity index (χ2v) is 1.46. The highest BCUT2D eigenvalue weighted by atomic mass is 16.9. The Kier molecular flexibility index (Phi) is 3.19. The summed E-state index contributed by atoms with van der Waals surface area (Å²) in [5.41, 5.74) is 0. The van der Waals surface area contributed by atoms with Crippen molar-refractivity contribution in [3.8, 4) is 0 Å². The maximum Gasteiger partial charge on any atom is 0.421 e. The van der Waals surface area contributed by atoms with Gasteiger partial charge in [0.05, 0.1) is 0 Å². The van der Waals surface area contributed by atoms with Gasteiger partial charge in [0, 0.05) is 21.1 Å². The van der Waals surface area contributed by atoms with E-state index in [4.69, 9.17) is 0 Å². The van der Waals surface area contributed by atoms with Crippen LogP contribution in [0, 0.1) is 0 Å². The van der Waals surface area contributed by atoms with Gasteiger partial charge >= 0.3 is 12.4 Å². The zero-order valence-corrected chi connectivity index (χ0v) is 5.63. The predicted molar refractivity (Wildman–Crippen MR) is 29.2 cm³/mol. The smallest absolute Gasteiger partial charge is 0.400 e. The Morgan fingerprint density at radius 1 is 1.33 bits per heavy atom. The molecule has 0 amide bonds. The molecule has 0 aromatic heterocycles. The van der Waals surface area contributed by atoms with E-state index < -0.39 is 5.97 Å². The van der Waals surface area contributed by atoms with Crippen LogP contribution in [0.25, 0.3) is 0 Å². The van der Waals surface area contributed by atoms with Crippen LogP contribution in [0.1, 0.15) is 6.92 Å². The molecule has 0 aromatic rings. The number of hydrogen-bond acceptors (Lipinski definition) is 4. The van der Waals surface area contributed by atoms with Crippen LogP contribution in [0.3, 0.4) is 0 Å². The summed E-state index contributed by atoms with van der Waals surface area (Å²) in [4.78, 5) is 9.63. The van der Waals surface area contributed by atoms with Crippen LogP contribution in [0.4, 0.5) is 0 Å². The first kappa shape index (κ1) is 8.39. The van der Waals surface area contributed by atoms with Gasteiger partial charge in [-0.1, -0.05) is 0 Å². The van der Waals surface area contributed by atoms with Gasteiger partial charge in [0.25, 0.3) is 0 Å². The van der Waals surface area contributed by atoms with E-state index in [0.717, 1.165) is 0 Å². The van der Waals surface area contributed by atoms with E-state index in [1.807, 2.05) is 0 Å². The molecule has 0 spiro atoms. The molecule has 0 saturated heterocycles. The van der Waals surface area contributed by atoms with E-state index in [-0.39, 0.29) is 0 Å². The summed E-state index contributed by atoms with van der Waals surface area (Å²) < 4.78 is 13.5. The van der Waals surface area contributed by atoms with Crippen molar-refractivity contribution in [2.45, 2.75) is 12.9 Å². The Morgan fingerprint density at radius 2 is 1.78 bits per heavy atom. The van der Waals surface area contributed by atoms with Gasteiger partial charge in [0.15, 0.2) is 0 Å². The quantitative estimate of drug-likeness (QED) is 0.508. The fraction of sp³-hybridized carbons (Fsp3) is 0.800. The minimum Gasteiger partial charge on any atom is -0.400 e. The summed E-state index contributed by atoms with van der Waals surface area (Å²) in [5.74, 6) is -1.29. The molecule has 9 heavy (non-hydrogen) atoms. The van der Waals surface area contributed by atoms with Crippen LogP contribution in [0.2, 0.25) is 0 Å². The molecule has 0 fully saturated rings. The minimum absolute atomic E-state index is 1.21. The minimum atomic E-state index is -1.29. The molecule has 0 aliphatic heterocycles. The van der Waals surface area contributed by atoms with E-state index >= 15 is 0 Å². The third-order valence-corrected chi connectivity index (χ3v) is 0.969. The highest BCUT2D eigenvalue weighted by Crippen LogP contribution is 2.08. The zero-order chi connectivity index (χ0) is 7.33. The number of ether oxygens (including phenoxy) is 3. The molecule has 0 aliphatic carbocycles. The summed E-state index contributed by atoms with van der Waals surface area (Å²) in [7, 11) is 2.72. The van der Waals surface area contributed by atoms with Crippen molar-refractivity contribution in [3.05, 3.63) is 0 Å². The van der Waals surface area contributed by atoms with Crippen molar-refractivity contribution in [2.75, 3.05) is 14.2 Å². The fourth-order valence-corrected chi connectivity index (χ4v) is 0.242. The summed E-state index contributed by atoms with van der Waals surface area (Å²) >= 11 is 0. The highest BCUT2D eigenvalue weighted by molar-refractivity contribution is 5.38. The highest BCUT2D eigenvalue weighted by Gasteiger charge is 2.24. The fourth-order valence-electron chi connectivity index (χ4n) is 0.242. The van der Waals surface area contributed by atoms with Gasteiger partial charge in [-0.25, -0.2) is 4.79 Å². The molecule has 0 heterocycles. The van der Waals surface area contributed by atoms with Crippen LogP contribution < -0.4 is 0 Å². The van der Waals surface area contributed by atoms with E-state index in [1.165, 1.54) is 27.6 Å². The first-order chi connectivity index (χ1) is 4.18.